The van der Waals surface area contributed by atoms with Gasteiger partial charge in [-0.2, -0.15) is 149 Å². The molecule has 0 aromatic rings. The number of hydrogen-bond acceptors (Lipinski definition) is 6. The molecule has 0 aliphatic carbocycles. The van der Waals surface area contributed by atoms with Crippen molar-refractivity contribution in [3.63, 3.8) is 0 Å². The lowest BCUT2D eigenvalue weighted by Gasteiger charge is -2.42. The van der Waals surface area contributed by atoms with E-state index in [2.05, 4.69) is 9.05 Å². The van der Waals surface area contributed by atoms with Gasteiger partial charge in [0.2, 0.25) is 0 Å². The zero-order valence-corrected chi connectivity index (χ0v) is 38.0. The molecule has 0 aromatic carbocycles. The van der Waals surface area contributed by atoms with Gasteiger partial charge in [0.05, 0.1) is 34.4 Å². The first kappa shape index (κ1) is 73.1. The number of ether oxygens (including phenoxy) is 2. The molecular weight excluding hydrogens is 1200 g/mol. The van der Waals surface area contributed by atoms with Gasteiger partial charge in [0.25, 0.3) is 7.82 Å². The first-order valence-electron chi connectivity index (χ1n) is 19.4. The van der Waals surface area contributed by atoms with Crippen LogP contribution in [0, 0.1) is 0 Å². The highest BCUT2D eigenvalue weighted by Crippen LogP contribution is 2.66. The van der Waals surface area contributed by atoms with Crippen LogP contribution in [0.1, 0.15) is 25.7 Å². The van der Waals surface area contributed by atoms with Crippen LogP contribution in [0.5, 0.6) is 0 Å². The van der Waals surface area contributed by atoms with E-state index >= 15 is 0 Å². The lowest BCUT2D eigenvalue weighted by molar-refractivity contribution is -0.870. The molecule has 0 fully saturated rings. The van der Waals surface area contributed by atoms with E-state index in [1.54, 1.807) is 0 Å². The standard InChI is InChI=1S/C34H34F34NO6P/c1-69(2,3)12-15-74-76(70,71)75-17-18(73-14-9-5-7-11-20(37,38)22(41,42)24(45,46)26(49,50)28(53,54)30(57,58)32(61,62)34(66,67)68)16-72-13-8-4-6-10-19(35,36)21(39,40)23(43,44)25(47,48)27(51,52)29(55,56)31(59,60)33(63,64)65/h6-7,10-11,18H,4-5,8-9,12-17H2,1-3H3/b10-6+,11-7+/t18-/m1/s1. The molecule has 0 aliphatic heterocycles. The smallest absolute Gasteiger partial charge is 0.460 e. The number of halogens is 34. The Bertz CT molecular complexity index is 1990. The van der Waals surface area contributed by atoms with Crippen molar-refractivity contribution in [1.29, 1.82) is 0 Å². The zero-order valence-electron chi connectivity index (χ0n) is 37.2. The van der Waals surface area contributed by atoms with Crippen molar-refractivity contribution in [1.82, 2.24) is 0 Å². The third-order valence-electron chi connectivity index (χ3n) is 9.41. The molecule has 0 saturated carbocycles. The molecule has 42 heteroatoms. The van der Waals surface area contributed by atoms with Gasteiger partial charge >= 0.3 is 95.3 Å². The van der Waals surface area contributed by atoms with E-state index < -0.39 is 186 Å². The van der Waals surface area contributed by atoms with Crippen LogP contribution in [0.3, 0.4) is 0 Å². The first-order chi connectivity index (χ1) is 33.0. The number of quaternary nitrogens is 1. The molecule has 0 amide bonds. The maximum absolute atomic E-state index is 14.2. The fourth-order valence-electron chi connectivity index (χ4n) is 4.78. The number of phosphoric ester groups is 1. The van der Waals surface area contributed by atoms with E-state index in [0.29, 0.717) is 0 Å². The largest absolute Gasteiger partial charge is 0.756 e. The summed E-state index contributed by atoms with van der Waals surface area (Å²) in [5, 5.41) is 0. The van der Waals surface area contributed by atoms with E-state index in [9.17, 15) is 159 Å². The molecule has 0 bridgehead atoms. The van der Waals surface area contributed by atoms with E-state index in [1.807, 2.05) is 0 Å². The number of allylic oxidation sites excluding steroid dienone is 4. The lowest BCUT2D eigenvalue weighted by Crippen LogP contribution is -2.74. The summed E-state index contributed by atoms with van der Waals surface area (Å²) in [7, 11) is -0.800. The molecule has 2 atom stereocenters. The second-order valence-corrected chi connectivity index (χ2v) is 17.8. The van der Waals surface area contributed by atoms with Gasteiger partial charge in [-0.05, 0) is 37.8 Å². The highest BCUT2D eigenvalue weighted by molar-refractivity contribution is 7.45. The number of rotatable bonds is 32. The first-order valence-corrected chi connectivity index (χ1v) is 20.8. The minimum absolute atomic E-state index is 0.0465. The molecule has 0 N–H and O–H groups in total. The molecule has 0 radical (unpaired) electrons. The molecule has 1 unspecified atom stereocenters. The molecule has 0 spiro atoms. The van der Waals surface area contributed by atoms with E-state index in [0.717, 1.165) is 0 Å². The second-order valence-electron chi connectivity index (χ2n) is 16.4. The van der Waals surface area contributed by atoms with Crippen molar-refractivity contribution in [3.05, 3.63) is 24.3 Å². The minimum atomic E-state index is -8.89. The molecule has 7 nitrogen and oxygen atoms in total. The molecule has 0 rings (SSSR count). The van der Waals surface area contributed by atoms with Gasteiger partial charge in [0, 0.05) is 13.2 Å². The van der Waals surface area contributed by atoms with E-state index in [1.165, 1.54) is 21.1 Å². The maximum Gasteiger partial charge on any atom is 0.460 e. The number of alkyl halides is 34. The van der Waals surface area contributed by atoms with Crippen LogP contribution in [0.25, 0.3) is 0 Å². The van der Waals surface area contributed by atoms with Crippen molar-refractivity contribution < 1.29 is 182 Å². The number of unbranched alkanes of at least 4 members (excludes halogenated alkanes) is 2. The topological polar surface area (TPSA) is 77.1 Å². The van der Waals surface area contributed by atoms with Crippen LogP contribution in [0.15, 0.2) is 24.3 Å². The van der Waals surface area contributed by atoms with Crippen molar-refractivity contribution >= 4 is 7.82 Å². The monoisotopic (exact) mass is 1230 g/mol. The predicted octanol–water partition coefficient (Wildman–Crippen LogP) is 13.3. The predicted molar refractivity (Wildman–Crippen MR) is 181 cm³/mol. The van der Waals surface area contributed by atoms with Gasteiger partial charge in [0.15, 0.2) is 0 Å². The summed E-state index contributed by atoms with van der Waals surface area (Å²) >= 11 is 0. The Morgan fingerprint density at radius 1 is 0.408 bits per heavy atom. The number of hydrogen-bond donors (Lipinski definition) is 0. The second kappa shape index (κ2) is 22.9. The summed E-state index contributed by atoms with van der Waals surface area (Å²) in [5.74, 6) is -117. The van der Waals surface area contributed by atoms with Gasteiger partial charge in [0.1, 0.15) is 19.3 Å². The quantitative estimate of drug-likeness (QED) is 0.0220. The fraction of sp³-hybridized carbons (Fsp3) is 0.882. The van der Waals surface area contributed by atoms with Crippen LogP contribution in [-0.2, 0) is 23.1 Å². The Balaban J connectivity index is 6.19. The van der Waals surface area contributed by atoms with Crippen molar-refractivity contribution in [2.45, 2.75) is 127 Å². The highest BCUT2D eigenvalue weighted by Gasteiger charge is 2.96. The van der Waals surface area contributed by atoms with Crippen molar-refractivity contribution in [2.24, 2.45) is 0 Å². The molecule has 0 aliphatic rings. The lowest BCUT2D eigenvalue weighted by atomic mass is 9.89. The Kier molecular flexibility index (Phi) is 22.0. The van der Waals surface area contributed by atoms with Crippen LogP contribution in [0.2, 0.25) is 0 Å². The summed E-state index contributed by atoms with van der Waals surface area (Å²) in [6.45, 7) is -5.00. The maximum atomic E-state index is 14.2. The number of phosphoric acid groups is 1. The normalized spacial score (nSPS) is 17.3. The summed E-state index contributed by atoms with van der Waals surface area (Å²) < 4.78 is 489. The molecule has 0 saturated heterocycles. The Labute approximate surface area is 402 Å². The number of nitrogens with zero attached hydrogens (tertiary/aromatic N) is 1. The summed E-state index contributed by atoms with van der Waals surface area (Å²) in [5.41, 5.74) is 0. The SMILES string of the molecule is C[N+](C)(C)CCOP(=O)([O-])OC[C@@H](COCCC/C=C/C(F)(F)C(F)(F)C(F)(F)C(F)(F)C(F)(F)C(F)(F)C(F)(F)C(F)(F)F)OCCC/C=C/C(F)(F)C(F)(F)C(F)(F)C(F)(F)C(F)(F)C(F)(F)C(F)(F)C(F)(F)F. The number of likely N-dealkylation sites (N-methyl/N-ethyl adjacent to an activating group) is 1. The third-order valence-corrected chi connectivity index (χ3v) is 10.4. The Morgan fingerprint density at radius 2 is 0.697 bits per heavy atom. The Morgan fingerprint density at radius 3 is 1.00 bits per heavy atom. The van der Waals surface area contributed by atoms with Gasteiger partial charge in [-0.15, -0.1) is 0 Å². The molecular formula is C34H34F34NO6P. The van der Waals surface area contributed by atoms with Crippen LogP contribution >= 0.6 is 7.82 Å². The summed E-state index contributed by atoms with van der Waals surface area (Å²) in [6.07, 6.45) is -25.9. The Hall–Kier alpha value is -2.91. The van der Waals surface area contributed by atoms with Gasteiger partial charge in [-0.3, -0.25) is 4.57 Å². The average Bonchev–Trinajstić information content (AvgIpc) is 3.20. The molecule has 76 heavy (non-hydrogen) atoms. The molecule has 0 heterocycles. The van der Waals surface area contributed by atoms with Crippen molar-refractivity contribution in [2.75, 3.05) is 60.7 Å². The fourth-order valence-corrected chi connectivity index (χ4v) is 5.50. The zero-order chi connectivity index (χ0) is 61.3. The van der Waals surface area contributed by atoms with Gasteiger partial charge in [-0.1, -0.05) is 12.2 Å². The van der Waals surface area contributed by atoms with Crippen LogP contribution < -0.4 is 4.89 Å². The van der Waals surface area contributed by atoms with E-state index in [-0.39, 0.29) is 17.1 Å². The molecule has 454 valence electrons. The van der Waals surface area contributed by atoms with Crippen LogP contribution in [-0.4, -0.2) is 167 Å². The van der Waals surface area contributed by atoms with Crippen molar-refractivity contribution in [3.8, 4) is 0 Å². The third kappa shape index (κ3) is 14.0. The summed E-state index contributed by atoms with van der Waals surface area (Å²) in [4.78, 5) is 12.1. The van der Waals surface area contributed by atoms with E-state index in [4.69, 9.17) is 9.47 Å². The summed E-state index contributed by atoms with van der Waals surface area (Å²) in [6, 6.07) is 0. The van der Waals surface area contributed by atoms with Gasteiger partial charge < -0.3 is 27.9 Å². The minimum Gasteiger partial charge on any atom is -0.756 e. The average molecular weight is 1230 g/mol. The molecule has 0 aromatic heterocycles. The highest BCUT2D eigenvalue weighted by atomic mass is 31.2. The van der Waals surface area contributed by atoms with Crippen LogP contribution in [0.4, 0.5) is 149 Å². The van der Waals surface area contributed by atoms with Gasteiger partial charge in [-0.25, -0.2) is 0 Å².